The van der Waals surface area contributed by atoms with Crippen molar-refractivity contribution in [1.29, 1.82) is 0 Å². The molecule has 2 aliphatic heterocycles. The highest BCUT2D eigenvalue weighted by atomic mass is 32.2. The number of nitrogens with zero attached hydrogens (tertiary/aromatic N) is 2. The van der Waals surface area contributed by atoms with Gasteiger partial charge in [-0.1, -0.05) is 6.42 Å². The Morgan fingerprint density at radius 3 is 2.44 bits per heavy atom. The number of thiophene rings is 1. The van der Waals surface area contributed by atoms with Crippen LogP contribution in [0.1, 0.15) is 53.0 Å². The first kappa shape index (κ1) is 18.7. The maximum absolute atomic E-state index is 13.0. The average molecular weight is 405 g/mol. The first-order valence-corrected chi connectivity index (χ1v) is 11.8. The molecule has 0 bridgehead atoms. The number of fused-ring (bicyclic) bond motifs is 1. The number of amides is 1. The fourth-order valence-corrected chi connectivity index (χ4v) is 6.46. The zero-order valence-electron chi connectivity index (χ0n) is 15.4. The lowest BCUT2D eigenvalue weighted by Crippen LogP contribution is -2.38. The quantitative estimate of drug-likeness (QED) is 0.784. The normalized spacial score (nSPS) is 21.1. The number of hydrogen-bond donors (Lipinski definition) is 0. The molecule has 1 atom stereocenters. The van der Waals surface area contributed by atoms with Gasteiger partial charge in [-0.15, -0.1) is 11.3 Å². The summed E-state index contributed by atoms with van der Waals surface area (Å²) in [4.78, 5) is 16.5. The minimum atomic E-state index is -3.46. The number of rotatable bonds is 3. The van der Waals surface area contributed by atoms with Crippen LogP contribution in [0.3, 0.4) is 0 Å². The van der Waals surface area contributed by atoms with E-state index in [0.29, 0.717) is 25.2 Å². The van der Waals surface area contributed by atoms with Crippen molar-refractivity contribution in [1.82, 2.24) is 9.21 Å². The Morgan fingerprint density at radius 1 is 1.04 bits per heavy atom. The summed E-state index contributed by atoms with van der Waals surface area (Å²) in [6.07, 6.45) is 3.78. The zero-order valence-corrected chi connectivity index (χ0v) is 17.1. The average Bonchev–Trinajstić information content (AvgIpc) is 3.18. The van der Waals surface area contributed by atoms with Crippen molar-refractivity contribution in [3.05, 3.63) is 51.7 Å². The van der Waals surface area contributed by atoms with Crippen molar-refractivity contribution in [2.75, 3.05) is 19.6 Å². The van der Waals surface area contributed by atoms with Gasteiger partial charge in [0.05, 0.1) is 10.9 Å². The minimum absolute atomic E-state index is 0.0405. The van der Waals surface area contributed by atoms with Crippen molar-refractivity contribution in [3.63, 3.8) is 0 Å². The molecule has 2 aromatic rings. The van der Waals surface area contributed by atoms with Crippen molar-refractivity contribution in [2.24, 2.45) is 0 Å². The van der Waals surface area contributed by atoms with Crippen LogP contribution in [0.25, 0.3) is 0 Å². The van der Waals surface area contributed by atoms with E-state index in [2.05, 4.69) is 18.4 Å². The molecular weight excluding hydrogens is 380 g/mol. The summed E-state index contributed by atoms with van der Waals surface area (Å²) in [5.41, 5.74) is 1.77. The molecule has 1 aromatic carbocycles. The second-order valence-corrected chi connectivity index (χ2v) is 10.2. The molecule has 1 amide bonds. The lowest BCUT2D eigenvalue weighted by atomic mass is 10.0. The van der Waals surface area contributed by atoms with Crippen LogP contribution in [-0.4, -0.2) is 43.2 Å². The zero-order chi connectivity index (χ0) is 19.0. The Labute approximate surface area is 164 Å². The summed E-state index contributed by atoms with van der Waals surface area (Å²) >= 11 is 1.75. The van der Waals surface area contributed by atoms with Gasteiger partial charge in [0.15, 0.2) is 0 Å². The molecule has 3 heterocycles. The smallest absolute Gasteiger partial charge is 0.254 e. The van der Waals surface area contributed by atoms with E-state index >= 15 is 0 Å². The number of sulfonamides is 1. The molecule has 1 aromatic heterocycles. The lowest BCUT2D eigenvalue weighted by molar-refractivity contribution is 0.0679. The van der Waals surface area contributed by atoms with E-state index in [1.165, 1.54) is 10.4 Å². The Morgan fingerprint density at radius 2 is 1.74 bits per heavy atom. The van der Waals surface area contributed by atoms with E-state index < -0.39 is 10.0 Å². The summed E-state index contributed by atoms with van der Waals surface area (Å²) in [7, 11) is -3.46. The third-order valence-corrected chi connectivity index (χ3v) is 8.50. The van der Waals surface area contributed by atoms with Gasteiger partial charge in [-0.25, -0.2) is 8.42 Å². The molecule has 0 unspecified atom stereocenters. The summed E-state index contributed by atoms with van der Waals surface area (Å²) < 4.78 is 27.1. The van der Waals surface area contributed by atoms with Gasteiger partial charge in [0.1, 0.15) is 0 Å². The predicted octanol–water partition coefficient (Wildman–Crippen LogP) is 3.68. The fourth-order valence-electron chi connectivity index (χ4n) is 3.98. The predicted molar refractivity (Wildman–Crippen MR) is 107 cm³/mol. The van der Waals surface area contributed by atoms with E-state index in [9.17, 15) is 13.2 Å². The fraction of sp³-hybridized carbons (Fsp3) is 0.450. The summed E-state index contributed by atoms with van der Waals surface area (Å²) in [6.45, 7) is 3.91. The molecule has 0 aliphatic carbocycles. The Balaban J connectivity index is 1.53. The highest BCUT2D eigenvalue weighted by Crippen LogP contribution is 2.33. The molecule has 5 nitrogen and oxygen atoms in total. The van der Waals surface area contributed by atoms with Gasteiger partial charge in [-0.2, -0.15) is 4.31 Å². The van der Waals surface area contributed by atoms with Crippen LogP contribution < -0.4 is 0 Å². The lowest BCUT2D eigenvalue weighted by Gasteiger charge is -2.33. The first-order valence-electron chi connectivity index (χ1n) is 9.46. The van der Waals surface area contributed by atoms with Gasteiger partial charge in [0.25, 0.3) is 5.91 Å². The van der Waals surface area contributed by atoms with Gasteiger partial charge in [-0.3, -0.25) is 4.79 Å². The molecule has 0 spiro atoms. The highest BCUT2D eigenvalue weighted by Gasteiger charge is 2.30. The number of piperidine rings is 1. The second kappa shape index (κ2) is 7.37. The van der Waals surface area contributed by atoms with Gasteiger partial charge < -0.3 is 4.90 Å². The van der Waals surface area contributed by atoms with Crippen LogP contribution in [-0.2, 0) is 16.4 Å². The molecule has 0 N–H and O–H groups in total. The second-order valence-electron chi connectivity index (χ2n) is 7.21. The molecule has 4 rings (SSSR count). The summed E-state index contributed by atoms with van der Waals surface area (Å²) in [6, 6.07) is 8.58. The van der Waals surface area contributed by atoms with E-state index in [4.69, 9.17) is 0 Å². The summed E-state index contributed by atoms with van der Waals surface area (Å²) in [5, 5.41) is 2.08. The maximum Gasteiger partial charge on any atom is 0.254 e. The number of carbonyl (C=O) groups excluding carboxylic acids is 1. The van der Waals surface area contributed by atoms with Crippen LogP contribution in [0.2, 0.25) is 0 Å². The van der Waals surface area contributed by atoms with Gasteiger partial charge in [0.2, 0.25) is 10.0 Å². The van der Waals surface area contributed by atoms with E-state index in [0.717, 1.165) is 25.7 Å². The molecule has 1 saturated heterocycles. The Bertz CT molecular complexity index is 928. The molecule has 144 valence electrons. The van der Waals surface area contributed by atoms with Crippen LogP contribution in [0.4, 0.5) is 0 Å². The third kappa shape index (κ3) is 3.44. The third-order valence-electron chi connectivity index (χ3n) is 5.59. The number of hydrogen-bond acceptors (Lipinski definition) is 4. The van der Waals surface area contributed by atoms with E-state index in [1.807, 2.05) is 4.90 Å². The monoisotopic (exact) mass is 404 g/mol. The van der Waals surface area contributed by atoms with E-state index in [-0.39, 0.29) is 16.8 Å². The SMILES string of the molecule is C[C@@H]1c2ccsc2CCN1C(=O)c1ccc(S(=O)(=O)N2CCCCC2)cc1. The minimum Gasteiger partial charge on any atom is -0.331 e. The van der Waals surface area contributed by atoms with Crippen molar-refractivity contribution < 1.29 is 13.2 Å². The molecular formula is C20H24N2O3S2. The van der Waals surface area contributed by atoms with E-state index in [1.54, 1.807) is 39.9 Å². The van der Waals surface area contributed by atoms with Crippen LogP contribution in [0.5, 0.6) is 0 Å². The summed E-state index contributed by atoms with van der Waals surface area (Å²) in [5.74, 6) is -0.0405. The highest BCUT2D eigenvalue weighted by molar-refractivity contribution is 7.89. The Hall–Kier alpha value is -1.70. The largest absolute Gasteiger partial charge is 0.331 e. The number of carbonyl (C=O) groups is 1. The van der Waals surface area contributed by atoms with Gasteiger partial charge in [0, 0.05) is 30.1 Å². The molecule has 2 aliphatic rings. The van der Waals surface area contributed by atoms with Crippen molar-refractivity contribution in [3.8, 4) is 0 Å². The van der Waals surface area contributed by atoms with Gasteiger partial charge >= 0.3 is 0 Å². The first-order chi connectivity index (χ1) is 13.0. The Kier molecular flexibility index (Phi) is 5.09. The van der Waals surface area contributed by atoms with Crippen molar-refractivity contribution >= 4 is 27.3 Å². The topological polar surface area (TPSA) is 57.7 Å². The van der Waals surface area contributed by atoms with Crippen molar-refractivity contribution in [2.45, 2.75) is 43.5 Å². The molecule has 0 saturated carbocycles. The molecule has 27 heavy (non-hydrogen) atoms. The standard InChI is InChI=1S/C20H24N2O3S2/c1-15-18-10-14-26-19(18)9-13-22(15)20(23)16-5-7-17(8-6-16)27(24,25)21-11-3-2-4-12-21/h5-8,10,14-15H,2-4,9,11-13H2,1H3/t15-/m1/s1. The van der Waals surface area contributed by atoms with Crippen LogP contribution >= 0.6 is 11.3 Å². The number of benzene rings is 1. The van der Waals surface area contributed by atoms with Gasteiger partial charge in [-0.05, 0) is 67.5 Å². The molecule has 1 fully saturated rings. The maximum atomic E-state index is 13.0. The molecule has 0 radical (unpaired) electrons. The van der Waals surface area contributed by atoms with Crippen LogP contribution in [0, 0.1) is 0 Å². The van der Waals surface area contributed by atoms with Crippen LogP contribution in [0.15, 0.2) is 40.6 Å². The molecule has 7 heteroatoms.